The van der Waals surface area contributed by atoms with E-state index in [4.69, 9.17) is 4.74 Å². The van der Waals surface area contributed by atoms with E-state index in [-0.39, 0.29) is 24.2 Å². The molecule has 4 heteroatoms. The number of likely N-dealkylation sites (tertiary alicyclic amines) is 1. The number of amides is 1. The van der Waals surface area contributed by atoms with Gasteiger partial charge in [0.1, 0.15) is 11.6 Å². The van der Waals surface area contributed by atoms with Gasteiger partial charge in [-0.05, 0) is 48.2 Å². The van der Waals surface area contributed by atoms with Crippen LogP contribution in [0.4, 0.5) is 4.39 Å². The van der Waals surface area contributed by atoms with E-state index in [1.54, 1.807) is 19.2 Å². The fraction of sp³-hybridized carbons (Fsp3) is 0.316. The molecule has 0 spiro atoms. The van der Waals surface area contributed by atoms with Crippen molar-refractivity contribution < 1.29 is 13.9 Å². The van der Waals surface area contributed by atoms with Gasteiger partial charge in [-0.1, -0.05) is 24.3 Å². The maximum Gasteiger partial charge on any atom is 0.227 e. The summed E-state index contributed by atoms with van der Waals surface area (Å²) >= 11 is 0. The standard InChI is InChI=1S/C19H20FNO2/c1-23-17-9-7-15(8-10-17)18-6-3-11-21(18)19(22)13-14-4-2-5-16(20)12-14/h2,4-5,7-10,12,18H,3,6,11,13H2,1H3. The lowest BCUT2D eigenvalue weighted by Gasteiger charge is -2.25. The Kier molecular flexibility index (Phi) is 4.60. The van der Waals surface area contributed by atoms with Gasteiger partial charge in [-0.3, -0.25) is 4.79 Å². The van der Waals surface area contributed by atoms with Crippen molar-refractivity contribution in [3.05, 3.63) is 65.5 Å². The van der Waals surface area contributed by atoms with Crippen LogP contribution in [0.15, 0.2) is 48.5 Å². The van der Waals surface area contributed by atoms with Crippen molar-refractivity contribution >= 4 is 5.91 Å². The van der Waals surface area contributed by atoms with Gasteiger partial charge in [-0.15, -0.1) is 0 Å². The molecule has 1 unspecified atom stereocenters. The van der Waals surface area contributed by atoms with Gasteiger partial charge < -0.3 is 9.64 Å². The Hall–Kier alpha value is -2.36. The van der Waals surface area contributed by atoms with Gasteiger partial charge in [0.15, 0.2) is 0 Å². The molecular formula is C19H20FNO2. The first kappa shape index (κ1) is 15.5. The van der Waals surface area contributed by atoms with Crippen molar-refractivity contribution in [1.82, 2.24) is 4.90 Å². The first-order valence-electron chi connectivity index (χ1n) is 7.85. The average molecular weight is 313 g/mol. The summed E-state index contributed by atoms with van der Waals surface area (Å²) in [5.41, 5.74) is 1.84. The van der Waals surface area contributed by atoms with Gasteiger partial charge in [0.2, 0.25) is 5.91 Å². The summed E-state index contributed by atoms with van der Waals surface area (Å²) in [6, 6.07) is 14.2. The number of hydrogen-bond acceptors (Lipinski definition) is 2. The molecule has 0 bridgehead atoms. The predicted molar refractivity (Wildman–Crippen MR) is 86.8 cm³/mol. The third kappa shape index (κ3) is 3.52. The molecule has 1 fully saturated rings. The lowest BCUT2D eigenvalue weighted by Crippen LogP contribution is -2.31. The molecule has 23 heavy (non-hydrogen) atoms. The highest BCUT2D eigenvalue weighted by Crippen LogP contribution is 2.33. The maximum absolute atomic E-state index is 13.3. The first-order chi connectivity index (χ1) is 11.2. The Morgan fingerprint density at radius 2 is 2.04 bits per heavy atom. The lowest BCUT2D eigenvalue weighted by molar-refractivity contribution is -0.131. The zero-order chi connectivity index (χ0) is 16.2. The molecule has 2 aromatic rings. The topological polar surface area (TPSA) is 29.5 Å². The number of benzene rings is 2. The van der Waals surface area contributed by atoms with Crippen molar-refractivity contribution in [2.45, 2.75) is 25.3 Å². The fourth-order valence-corrected chi connectivity index (χ4v) is 3.16. The van der Waals surface area contributed by atoms with Gasteiger partial charge in [-0.2, -0.15) is 0 Å². The number of carbonyl (C=O) groups is 1. The summed E-state index contributed by atoms with van der Waals surface area (Å²) < 4.78 is 18.5. The van der Waals surface area contributed by atoms with E-state index in [1.807, 2.05) is 29.2 Å². The smallest absolute Gasteiger partial charge is 0.227 e. The number of rotatable bonds is 4. The summed E-state index contributed by atoms with van der Waals surface area (Å²) in [6.07, 6.45) is 2.19. The Morgan fingerprint density at radius 1 is 1.26 bits per heavy atom. The van der Waals surface area contributed by atoms with Gasteiger partial charge in [-0.25, -0.2) is 4.39 Å². The molecule has 0 aliphatic carbocycles. The quantitative estimate of drug-likeness (QED) is 0.860. The van der Waals surface area contributed by atoms with Crippen molar-refractivity contribution in [2.24, 2.45) is 0 Å². The van der Waals surface area contributed by atoms with E-state index in [0.29, 0.717) is 0 Å². The number of halogens is 1. The van der Waals surface area contributed by atoms with Gasteiger partial charge in [0.25, 0.3) is 0 Å². The number of nitrogens with zero attached hydrogens (tertiary/aromatic N) is 1. The minimum Gasteiger partial charge on any atom is -0.497 e. The third-order valence-electron chi connectivity index (χ3n) is 4.32. The SMILES string of the molecule is COc1ccc(C2CCCN2C(=O)Cc2cccc(F)c2)cc1. The Morgan fingerprint density at radius 3 is 2.74 bits per heavy atom. The van der Waals surface area contributed by atoms with Crippen LogP contribution in [-0.4, -0.2) is 24.5 Å². The van der Waals surface area contributed by atoms with Crippen LogP contribution in [0.25, 0.3) is 0 Å². The highest BCUT2D eigenvalue weighted by atomic mass is 19.1. The summed E-state index contributed by atoms with van der Waals surface area (Å²) in [4.78, 5) is 14.5. The second kappa shape index (κ2) is 6.82. The molecule has 0 aromatic heterocycles. The van der Waals surface area contributed by atoms with Crippen LogP contribution in [0.2, 0.25) is 0 Å². The van der Waals surface area contributed by atoms with Crippen LogP contribution in [-0.2, 0) is 11.2 Å². The van der Waals surface area contributed by atoms with Gasteiger partial charge in [0, 0.05) is 6.54 Å². The van der Waals surface area contributed by atoms with Crippen molar-refractivity contribution in [3.8, 4) is 5.75 Å². The minimum atomic E-state index is -0.302. The van der Waals surface area contributed by atoms with E-state index in [0.717, 1.165) is 36.3 Å². The Bertz CT molecular complexity index is 684. The molecule has 0 radical (unpaired) electrons. The lowest BCUT2D eigenvalue weighted by atomic mass is 10.0. The number of carbonyl (C=O) groups excluding carboxylic acids is 1. The number of hydrogen-bond donors (Lipinski definition) is 0. The molecule has 1 saturated heterocycles. The maximum atomic E-state index is 13.3. The summed E-state index contributed by atoms with van der Waals surface area (Å²) in [5.74, 6) is 0.557. The van der Waals surface area contributed by atoms with Crippen LogP contribution in [0.1, 0.15) is 30.0 Å². The van der Waals surface area contributed by atoms with E-state index in [2.05, 4.69) is 0 Å². The van der Waals surface area contributed by atoms with Gasteiger partial charge in [0.05, 0.1) is 19.6 Å². The van der Waals surface area contributed by atoms with Crippen LogP contribution in [0.5, 0.6) is 5.75 Å². The molecule has 1 aliphatic heterocycles. The van der Waals surface area contributed by atoms with Gasteiger partial charge >= 0.3 is 0 Å². The number of ether oxygens (including phenoxy) is 1. The molecular weight excluding hydrogens is 293 g/mol. The second-order valence-electron chi connectivity index (χ2n) is 5.83. The third-order valence-corrected chi connectivity index (χ3v) is 4.32. The summed E-state index contributed by atoms with van der Waals surface area (Å²) in [7, 11) is 1.64. The molecule has 0 N–H and O–H groups in total. The van der Waals surface area contributed by atoms with Crippen LogP contribution < -0.4 is 4.74 Å². The predicted octanol–water partition coefficient (Wildman–Crippen LogP) is 3.74. The molecule has 3 rings (SSSR count). The summed E-state index contributed by atoms with van der Waals surface area (Å²) in [5, 5.41) is 0. The van der Waals surface area contributed by atoms with E-state index < -0.39 is 0 Å². The molecule has 1 atom stereocenters. The van der Waals surface area contributed by atoms with Crippen molar-refractivity contribution in [3.63, 3.8) is 0 Å². The Balaban J connectivity index is 1.73. The summed E-state index contributed by atoms with van der Waals surface area (Å²) in [6.45, 7) is 0.755. The molecule has 120 valence electrons. The molecule has 1 aliphatic rings. The average Bonchev–Trinajstić information content (AvgIpc) is 3.05. The molecule has 1 heterocycles. The van der Waals surface area contributed by atoms with Crippen molar-refractivity contribution in [1.29, 1.82) is 0 Å². The number of methoxy groups -OCH3 is 1. The monoisotopic (exact) mass is 313 g/mol. The largest absolute Gasteiger partial charge is 0.497 e. The molecule has 2 aromatic carbocycles. The zero-order valence-electron chi connectivity index (χ0n) is 13.2. The first-order valence-corrected chi connectivity index (χ1v) is 7.85. The van der Waals surface area contributed by atoms with E-state index >= 15 is 0 Å². The molecule has 1 amide bonds. The Labute approximate surface area is 135 Å². The van der Waals surface area contributed by atoms with Crippen molar-refractivity contribution in [2.75, 3.05) is 13.7 Å². The highest BCUT2D eigenvalue weighted by Gasteiger charge is 2.29. The van der Waals surface area contributed by atoms with Crippen LogP contribution in [0.3, 0.4) is 0 Å². The highest BCUT2D eigenvalue weighted by molar-refractivity contribution is 5.79. The van der Waals surface area contributed by atoms with Crippen LogP contribution >= 0.6 is 0 Å². The van der Waals surface area contributed by atoms with E-state index in [1.165, 1.54) is 12.1 Å². The zero-order valence-corrected chi connectivity index (χ0v) is 13.2. The minimum absolute atomic E-state index is 0.0499. The normalized spacial score (nSPS) is 17.3. The van der Waals surface area contributed by atoms with E-state index in [9.17, 15) is 9.18 Å². The second-order valence-corrected chi connectivity index (χ2v) is 5.83. The van der Waals surface area contributed by atoms with Crippen LogP contribution in [0, 0.1) is 5.82 Å². The fourth-order valence-electron chi connectivity index (χ4n) is 3.16. The molecule has 0 saturated carbocycles. The molecule has 3 nitrogen and oxygen atoms in total.